The standard InChI is InChI=1S/C12H21BrN4OS/c1-16(2)6-7-17-12(18)11(13)10(9-15-17)14-5-4-8-19-3/h9,14H,4-8H2,1-3H3. The van der Waals surface area contributed by atoms with Crippen LogP contribution in [0.3, 0.4) is 0 Å². The summed E-state index contributed by atoms with van der Waals surface area (Å²) in [6.07, 6.45) is 4.86. The van der Waals surface area contributed by atoms with Gasteiger partial charge < -0.3 is 10.2 Å². The van der Waals surface area contributed by atoms with Gasteiger partial charge in [-0.1, -0.05) is 0 Å². The van der Waals surface area contributed by atoms with Crippen LogP contribution in [0.25, 0.3) is 0 Å². The quantitative estimate of drug-likeness (QED) is 0.725. The van der Waals surface area contributed by atoms with Crippen molar-refractivity contribution in [3.63, 3.8) is 0 Å². The van der Waals surface area contributed by atoms with Gasteiger partial charge in [-0.05, 0) is 48.5 Å². The summed E-state index contributed by atoms with van der Waals surface area (Å²) in [5.74, 6) is 1.11. The van der Waals surface area contributed by atoms with Crippen molar-refractivity contribution >= 4 is 33.4 Å². The highest BCUT2D eigenvalue weighted by atomic mass is 79.9. The predicted molar refractivity (Wildman–Crippen MR) is 86.2 cm³/mol. The van der Waals surface area contributed by atoms with E-state index in [-0.39, 0.29) is 5.56 Å². The number of nitrogens with one attached hydrogen (secondary N) is 1. The van der Waals surface area contributed by atoms with Crippen molar-refractivity contribution in [2.75, 3.05) is 44.5 Å². The lowest BCUT2D eigenvalue weighted by atomic mass is 10.4. The second kappa shape index (κ2) is 8.60. The largest absolute Gasteiger partial charge is 0.383 e. The molecule has 7 heteroatoms. The number of aromatic nitrogens is 2. The van der Waals surface area contributed by atoms with Crippen LogP contribution in [0.4, 0.5) is 5.69 Å². The number of likely N-dealkylation sites (N-methyl/N-ethyl adjacent to an activating group) is 1. The lowest BCUT2D eigenvalue weighted by Gasteiger charge is -2.12. The van der Waals surface area contributed by atoms with E-state index in [1.54, 1.807) is 6.20 Å². The normalized spacial score (nSPS) is 11.0. The number of nitrogens with zero attached hydrogens (tertiary/aromatic N) is 3. The van der Waals surface area contributed by atoms with Gasteiger partial charge in [-0.25, -0.2) is 4.68 Å². The molecule has 0 saturated heterocycles. The van der Waals surface area contributed by atoms with Gasteiger partial charge in [0, 0.05) is 13.1 Å². The van der Waals surface area contributed by atoms with Crippen LogP contribution < -0.4 is 10.9 Å². The molecular formula is C12H21BrN4OS. The zero-order valence-corrected chi connectivity index (χ0v) is 14.1. The van der Waals surface area contributed by atoms with E-state index in [0.717, 1.165) is 31.0 Å². The van der Waals surface area contributed by atoms with Gasteiger partial charge in [-0.3, -0.25) is 4.79 Å². The van der Waals surface area contributed by atoms with Gasteiger partial charge in [0.1, 0.15) is 4.47 Å². The van der Waals surface area contributed by atoms with E-state index >= 15 is 0 Å². The molecule has 0 spiro atoms. The fourth-order valence-electron chi connectivity index (χ4n) is 1.48. The van der Waals surface area contributed by atoms with E-state index in [1.165, 1.54) is 4.68 Å². The lowest BCUT2D eigenvalue weighted by Crippen LogP contribution is -2.29. The smallest absolute Gasteiger partial charge is 0.283 e. The molecule has 0 aliphatic carbocycles. The van der Waals surface area contributed by atoms with E-state index < -0.39 is 0 Å². The van der Waals surface area contributed by atoms with E-state index in [9.17, 15) is 4.79 Å². The Morgan fingerprint density at radius 2 is 2.26 bits per heavy atom. The molecule has 0 aliphatic heterocycles. The van der Waals surface area contributed by atoms with Gasteiger partial charge >= 0.3 is 0 Å². The van der Waals surface area contributed by atoms with Crippen molar-refractivity contribution in [3.8, 4) is 0 Å². The molecule has 0 saturated carbocycles. The minimum atomic E-state index is -0.0864. The monoisotopic (exact) mass is 348 g/mol. The molecule has 108 valence electrons. The molecule has 1 aromatic rings. The minimum absolute atomic E-state index is 0.0864. The van der Waals surface area contributed by atoms with Gasteiger partial charge in [0.2, 0.25) is 0 Å². The Balaban J connectivity index is 2.66. The molecule has 1 aromatic heterocycles. The molecule has 0 bridgehead atoms. The van der Waals surface area contributed by atoms with Gasteiger partial charge in [-0.15, -0.1) is 0 Å². The number of rotatable bonds is 8. The molecule has 0 fully saturated rings. The third kappa shape index (κ3) is 5.54. The number of anilines is 1. The number of thioether (sulfide) groups is 1. The van der Waals surface area contributed by atoms with Crippen LogP contribution in [0.5, 0.6) is 0 Å². The SMILES string of the molecule is CSCCCNc1cnn(CCN(C)C)c(=O)c1Br. The molecule has 1 rings (SSSR count). The van der Waals surface area contributed by atoms with Crippen molar-refractivity contribution in [3.05, 3.63) is 21.0 Å². The van der Waals surface area contributed by atoms with Gasteiger partial charge in [0.05, 0.1) is 18.4 Å². The summed E-state index contributed by atoms with van der Waals surface area (Å²) in [5.41, 5.74) is 0.684. The van der Waals surface area contributed by atoms with Gasteiger partial charge in [0.25, 0.3) is 5.56 Å². The maximum absolute atomic E-state index is 12.1. The molecule has 0 amide bonds. The van der Waals surface area contributed by atoms with E-state index in [1.807, 2.05) is 30.8 Å². The summed E-state index contributed by atoms with van der Waals surface area (Å²) in [4.78, 5) is 14.1. The summed E-state index contributed by atoms with van der Waals surface area (Å²) in [6.45, 7) is 2.24. The van der Waals surface area contributed by atoms with Crippen molar-refractivity contribution in [2.24, 2.45) is 0 Å². The highest BCUT2D eigenvalue weighted by Crippen LogP contribution is 2.16. The first kappa shape index (κ1) is 16.5. The molecule has 0 aromatic carbocycles. The maximum atomic E-state index is 12.1. The van der Waals surface area contributed by atoms with Crippen LogP contribution in [-0.2, 0) is 6.54 Å². The van der Waals surface area contributed by atoms with E-state index in [4.69, 9.17) is 0 Å². The summed E-state index contributed by atoms with van der Waals surface area (Å²) < 4.78 is 2.04. The molecule has 19 heavy (non-hydrogen) atoms. The Kier molecular flexibility index (Phi) is 7.48. The van der Waals surface area contributed by atoms with Crippen molar-refractivity contribution in [1.82, 2.24) is 14.7 Å². The third-order valence-corrected chi connectivity index (χ3v) is 4.05. The maximum Gasteiger partial charge on any atom is 0.283 e. The van der Waals surface area contributed by atoms with Crippen molar-refractivity contribution < 1.29 is 0 Å². The van der Waals surface area contributed by atoms with Crippen LogP contribution in [0.2, 0.25) is 0 Å². The number of hydrogen-bond acceptors (Lipinski definition) is 5. The van der Waals surface area contributed by atoms with Crippen molar-refractivity contribution in [2.45, 2.75) is 13.0 Å². The van der Waals surface area contributed by atoms with Crippen LogP contribution in [0.15, 0.2) is 15.5 Å². The molecule has 0 unspecified atom stereocenters. The van der Waals surface area contributed by atoms with Crippen LogP contribution in [0, 0.1) is 0 Å². The first-order valence-corrected chi connectivity index (χ1v) is 8.38. The Morgan fingerprint density at radius 3 is 2.89 bits per heavy atom. The molecule has 5 nitrogen and oxygen atoms in total. The topological polar surface area (TPSA) is 50.2 Å². The fraction of sp³-hybridized carbons (Fsp3) is 0.667. The molecule has 1 heterocycles. The molecule has 0 aliphatic rings. The minimum Gasteiger partial charge on any atom is -0.383 e. The Hall–Kier alpha value is -0.530. The average Bonchev–Trinajstić information content (AvgIpc) is 2.38. The van der Waals surface area contributed by atoms with Crippen molar-refractivity contribution in [1.29, 1.82) is 0 Å². The molecule has 0 atom stereocenters. The summed E-state index contributed by atoms with van der Waals surface area (Å²) in [5, 5.41) is 7.42. The Morgan fingerprint density at radius 1 is 1.53 bits per heavy atom. The second-order valence-corrected chi connectivity index (χ2v) is 6.26. The zero-order valence-electron chi connectivity index (χ0n) is 11.6. The average molecular weight is 349 g/mol. The molecule has 1 N–H and O–H groups in total. The number of halogens is 1. The second-order valence-electron chi connectivity index (χ2n) is 4.48. The summed E-state index contributed by atoms with van der Waals surface area (Å²) in [7, 11) is 3.95. The van der Waals surface area contributed by atoms with E-state index in [2.05, 4.69) is 32.6 Å². The van der Waals surface area contributed by atoms with Crippen LogP contribution >= 0.6 is 27.7 Å². The highest BCUT2D eigenvalue weighted by Gasteiger charge is 2.08. The van der Waals surface area contributed by atoms with Gasteiger partial charge in [0.15, 0.2) is 0 Å². The number of hydrogen-bond donors (Lipinski definition) is 1. The van der Waals surface area contributed by atoms with Crippen LogP contribution in [-0.4, -0.2) is 53.9 Å². The van der Waals surface area contributed by atoms with Crippen LogP contribution in [0.1, 0.15) is 6.42 Å². The first-order valence-electron chi connectivity index (χ1n) is 6.19. The third-order valence-electron chi connectivity index (χ3n) is 2.58. The summed E-state index contributed by atoms with van der Waals surface area (Å²) in [6, 6.07) is 0. The van der Waals surface area contributed by atoms with E-state index in [0.29, 0.717) is 11.0 Å². The molecular weight excluding hydrogens is 328 g/mol. The van der Waals surface area contributed by atoms with Gasteiger partial charge in [-0.2, -0.15) is 16.9 Å². The lowest BCUT2D eigenvalue weighted by molar-refractivity contribution is 0.367. The Bertz CT molecular complexity index is 450. The zero-order chi connectivity index (χ0) is 14.3. The fourth-order valence-corrected chi connectivity index (χ4v) is 2.36. The summed E-state index contributed by atoms with van der Waals surface area (Å²) >= 11 is 5.17. The highest BCUT2D eigenvalue weighted by molar-refractivity contribution is 9.10. The predicted octanol–water partition coefficient (Wildman–Crippen LogP) is 1.73. The first-order chi connectivity index (χ1) is 9.06. The Labute approximate surface area is 126 Å². The molecule has 0 radical (unpaired) electrons.